The van der Waals surface area contributed by atoms with Gasteiger partial charge in [-0.1, -0.05) is 40.0 Å². The summed E-state index contributed by atoms with van der Waals surface area (Å²) in [5.74, 6) is 5.47. The molecule has 0 bridgehead atoms. The Morgan fingerprint density at radius 3 is 2.20 bits per heavy atom. The monoisotopic (exact) mass is 226 g/mol. The number of rotatable bonds is 4. The second kappa shape index (κ2) is 5.12. The van der Waals surface area contributed by atoms with E-state index in [1.165, 1.54) is 37.9 Å². The number of thioether (sulfide) groups is 1. The molecule has 3 atom stereocenters. The zero-order valence-corrected chi connectivity index (χ0v) is 11.4. The summed E-state index contributed by atoms with van der Waals surface area (Å²) in [5, 5.41) is 0.936. The van der Waals surface area contributed by atoms with Crippen molar-refractivity contribution < 1.29 is 0 Å². The maximum absolute atomic E-state index is 2.47. The molecule has 0 heterocycles. The molecule has 2 aliphatic rings. The normalized spacial score (nSPS) is 39.0. The Hall–Kier alpha value is 0.350. The molecule has 2 rings (SSSR count). The summed E-state index contributed by atoms with van der Waals surface area (Å²) in [6, 6.07) is 0. The Labute approximate surface area is 99.6 Å². The fourth-order valence-electron chi connectivity index (χ4n) is 3.04. The van der Waals surface area contributed by atoms with Crippen molar-refractivity contribution in [2.45, 2.75) is 58.1 Å². The van der Waals surface area contributed by atoms with Crippen LogP contribution in [0.25, 0.3) is 0 Å². The van der Waals surface area contributed by atoms with E-state index in [1.54, 1.807) is 0 Å². The third-order valence-corrected chi connectivity index (χ3v) is 6.11. The lowest BCUT2D eigenvalue weighted by molar-refractivity contribution is 0.202. The second-order valence-corrected chi connectivity index (χ2v) is 7.34. The third-order valence-electron chi connectivity index (χ3n) is 4.62. The van der Waals surface area contributed by atoms with E-state index in [9.17, 15) is 0 Å². The smallest absolute Gasteiger partial charge is 0.00471 e. The molecule has 0 aromatic heterocycles. The molecule has 0 aromatic carbocycles. The first-order chi connectivity index (χ1) is 7.18. The Morgan fingerprint density at radius 2 is 1.67 bits per heavy atom. The predicted octanol–water partition coefficient (Wildman–Crippen LogP) is 4.59. The van der Waals surface area contributed by atoms with Crippen molar-refractivity contribution in [3.05, 3.63) is 0 Å². The maximum atomic E-state index is 2.47. The van der Waals surface area contributed by atoms with Crippen LogP contribution in [0.4, 0.5) is 0 Å². The molecule has 0 N–H and O–H groups in total. The van der Waals surface area contributed by atoms with Crippen LogP contribution in [-0.4, -0.2) is 11.0 Å². The van der Waals surface area contributed by atoms with Crippen LogP contribution in [0, 0.1) is 23.7 Å². The van der Waals surface area contributed by atoms with Gasteiger partial charge in [0.25, 0.3) is 0 Å². The Kier molecular flexibility index (Phi) is 4.04. The molecule has 15 heavy (non-hydrogen) atoms. The van der Waals surface area contributed by atoms with Crippen LogP contribution >= 0.6 is 11.8 Å². The molecule has 0 aliphatic heterocycles. The Balaban J connectivity index is 1.75. The molecule has 3 unspecified atom stereocenters. The average Bonchev–Trinajstić information content (AvgIpc) is 2.99. The van der Waals surface area contributed by atoms with Gasteiger partial charge < -0.3 is 0 Å². The highest BCUT2D eigenvalue weighted by Crippen LogP contribution is 2.42. The van der Waals surface area contributed by atoms with E-state index in [1.807, 2.05) is 0 Å². The minimum Gasteiger partial charge on any atom is -0.158 e. The van der Waals surface area contributed by atoms with Crippen LogP contribution in [0.15, 0.2) is 0 Å². The first kappa shape index (κ1) is 11.8. The van der Waals surface area contributed by atoms with Crippen LogP contribution in [0.2, 0.25) is 0 Å². The minimum absolute atomic E-state index is 0.936. The zero-order valence-electron chi connectivity index (χ0n) is 10.5. The van der Waals surface area contributed by atoms with Crippen molar-refractivity contribution >= 4 is 11.8 Å². The van der Waals surface area contributed by atoms with E-state index in [4.69, 9.17) is 0 Å². The van der Waals surface area contributed by atoms with Gasteiger partial charge in [-0.25, -0.2) is 0 Å². The summed E-state index contributed by atoms with van der Waals surface area (Å²) in [6.07, 6.45) is 7.44. The van der Waals surface area contributed by atoms with Gasteiger partial charge >= 0.3 is 0 Å². The van der Waals surface area contributed by atoms with Crippen molar-refractivity contribution in [2.75, 3.05) is 5.75 Å². The molecular weight excluding hydrogens is 200 g/mol. The minimum atomic E-state index is 0.936. The van der Waals surface area contributed by atoms with Gasteiger partial charge in [0, 0.05) is 5.25 Å². The van der Waals surface area contributed by atoms with Crippen LogP contribution in [-0.2, 0) is 0 Å². The highest BCUT2D eigenvalue weighted by molar-refractivity contribution is 7.99. The van der Waals surface area contributed by atoms with Gasteiger partial charge in [-0.15, -0.1) is 0 Å². The Bertz CT molecular complexity index is 188. The maximum Gasteiger partial charge on any atom is 0.00471 e. The molecule has 0 amide bonds. The molecule has 0 spiro atoms. The summed E-state index contributed by atoms with van der Waals surface area (Å²) < 4.78 is 0. The van der Waals surface area contributed by atoms with E-state index in [0.717, 1.165) is 28.9 Å². The van der Waals surface area contributed by atoms with Crippen molar-refractivity contribution in [3.63, 3.8) is 0 Å². The highest BCUT2D eigenvalue weighted by Gasteiger charge is 2.31. The van der Waals surface area contributed by atoms with Gasteiger partial charge in [0.2, 0.25) is 0 Å². The highest BCUT2D eigenvalue weighted by atomic mass is 32.2. The molecule has 88 valence electrons. The number of hydrogen-bond donors (Lipinski definition) is 0. The van der Waals surface area contributed by atoms with E-state index < -0.39 is 0 Å². The van der Waals surface area contributed by atoms with Crippen molar-refractivity contribution in [1.29, 1.82) is 0 Å². The van der Waals surface area contributed by atoms with Crippen LogP contribution in [0.5, 0.6) is 0 Å². The molecule has 0 saturated heterocycles. The molecule has 2 aliphatic carbocycles. The van der Waals surface area contributed by atoms with Crippen LogP contribution in [0.3, 0.4) is 0 Å². The van der Waals surface area contributed by atoms with Crippen molar-refractivity contribution in [1.82, 2.24) is 0 Å². The third kappa shape index (κ3) is 3.15. The lowest BCUT2D eigenvalue weighted by Gasteiger charge is -2.35. The quantitative estimate of drug-likeness (QED) is 0.675. The van der Waals surface area contributed by atoms with Gasteiger partial charge in [0.1, 0.15) is 0 Å². The molecule has 2 fully saturated rings. The first-order valence-electron chi connectivity index (χ1n) is 6.80. The van der Waals surface area contributed by atoms with Gasteiger partial charge in [-0.2, -0.15) is 11.8 Å². The van der Waals surface area contributed by atoms with E-state index >= 15 is 0 Å². The summed E-state index contributed by atoms with van der Waals surface area (Å²) >= 11 is 2.26. The molecular formula is C14H26S. The summed E-state index contributed by atoms with van der Waals surface area (Å²) in [5.41, 5.74) is 0. The number of hydrogen-bond acceptors (Lipinski definition) is 1. The summed E-state index contributed by atoms with van der Waals surface area (Å²) in [4.78, 5) is 0. The standard InChI is InChI=1S/C14H26S/c1-10-5-4-6-11(2)14(10)9-15-12(3)13-7-8-13/h10-14H,4-9H2,1-3H3. The fraction of sp³-hybridized carbons (Fsp3) is 1.00. The molecule has 2 saturated carbocycles. The summed E-state index contributed by atoms with van der Waals surface area (Å²) in [6.45, 7) is 7.39. The van der Waals surface area contributed by atoms with Gasteiger partial charge in [0.15, 0.2) is 0 Å². The van der Waals surface area contributed by atoms with Crippen molar-refractivity contribution in [3.8, 4) is 0 Å². The zero-order chi connectivity index (χ0) is 10.8. The lowest BCUT2D eigenvalue weighted by Crippen LogP contribution is -2.27. The molecule has 0 radical (unpaired) electrons. The fourth-order valence-corrected chi connectivity index (χ4v) is 4.77. The topological polar surface area (TPSA) is 0 Å². The van der Waals surface area contributed by atoms with Crippen LogP contribution in [0.1, 0.15) is 52.9 Å². The van der Waals surface area contributed by atoms with Crippen LogP contribution < -0.4 is 0 Å². The predicted molar refractivity (Wildman–Crippen MR) is 70.3 cm³/mol. The average molecular weight is 226 g/mol. The van der Waals surface area contributed by atoms with E-state index in [-0.39, 0.29) is 0 Å². The van der Waals surface area contributed by atoms with Gasteiger partial charge in [0.05, 0.1) is 0 Å². The molecule has 0 aromatic rings. The van der Waals surface area contributed by atoms with E-state index in [2.05, 4.69) is 32.5 Å². The lowest BCUT2D eigenvalue weighted by atomic mass is 9.75. The SMILES string of the molecule is CC1CCCC(C)C1CSC(C)C1CC1. The van der Waals surface area contributed by atoms with Gasteiger partial charge in [-0.05, 0) is 42.3 Å². The first-order valence-corrected chi connectivity index (χ1v) is 7.85. The summed E-state index contributed by atoms with van der Waals surface area (Å²) in [7, 11) is 0. The Morgan fingerprint density at radius 1 is 1.07 bits per heavy atom. The molecule has 0 nitrogen and oxygen atoms in total. The molecule has 1 heteroatoms. The largest absolute Gasteiger partial charge is 0.158 e. The van der Waals surface area contributed by atoms with E-state index in [0.29, 0.717) is 0 Å². The van der Waals surface area contributed by atoms with Gasteiger partial charge in [-0.3, -0.25) is 0 Å². The van der Waals surface area contributed by atoms with Crippen molar-refractivity contribution in [2.24, 2.45) is 23.7 Å². The second-order valence-electron chi connectivity index (χ2n) is 5.93.